The van der Waals surface area contributed by atoms with Crippen LogP contribution in [0, 0.1) is 0 Å². The standard InChI is InChI=1S/C34H35Cl2N3O7/c1-21(45-34(43)46-25-10-4-3-5-11-25)44-32(41)28(37-31(40)30-26(35)12-8-13-27(30)36)19-22-15-17-24(18-16-22)39-20-23-9-6-7-14-29(23)38(2)33(39)42/h6-9,12-18,21,25,28H,3-5,10-11,19-20H2,1-2H3,(H,37,40)/t21?,28-/m0/s1. The summed E-state index contributed by atoms with van der Waals surface area (Å²) < 4.78 is 16.0. The molecule has 5 rings (SSSR count). The third kappa shape index (κ3) is 7.92. The van der Waals surface area contributed by atoms with E-state index in [-0.39, 0.29) is 34.2 Å². The number of anilines is 2. The van der Waals surface area contributed by atoms with Crippen molar-refractivity contribution in [1.29, 1.82) is 0 Å². The smallest absolute Gasteiger partial charge is 0.431 e. The van der Waals surface area contributed by atoms with Crippen LogP contribution in [-0.2, 0) is 32.0 Å². The summed E-state index contributed by atoms with van der Waals surface area (Å²) in [7, 11) is 1.73. The van der Waals surface area contributed by atoms with Crippen molar-refractivity contribution in [3.05, 3.63) is 93.5 Å². The normalized spacial score (nSPS) is 16.2. The summed E-state index contributed by atoms with van der Waals surface area (Å²) in [6.07, 6.45) is 2.15. The Bertz CT molecular complexity index is 1570. The third-order valence-electron chi connectivity index (χ3n) is 8.03. The van der Waals surface area contributed by atoms with Crippen molar-refractivity contribution in [1.82, 2.24) is 5.32 Å². The highest BCUT2D eigenvalue weighted by Gasteiger charge is 2.30. The minimum atomic E-state index is -1.28. The summed E-state index contributed by atoms with van der Waals surface area (Å²) in [6.45, 7) is 1.80. The van der Waals surface area contributed by atoms with Gasteiger partial charge in [0.1, 0.15) is 12.1 Å². The monoisotopic (exact) mass is 667 g/mol. The number of fused-ring (bicyclic) bond motifs is 1. The van der Waals surface area contributed by atoms with Gasteiger partial charge in [0.2, 0.25) is 6.29 Å². The van der Waals surface area contributed by atoms with Gasteiger partial charge in [0, 0.05) is 26.1 Å². The molecule has 0 radical (unpaired) electrons. The van der Waals surface area contributed by atoms with Gasteiger partial charge in [-0.05, 0) is 67.1 Å². The molecule has 1 saturated carbocycles. The first kappa shape index (κ1) is 33.1. The van der Waals surface area contributed by atoms with Crippen LogP contribution in [0.2, 0.25) is 10.0 Å². The zero-order valence-corrected chi connectivity index (χ0v) is 27.1. The van der Waals surface area contributed by atoms with Gasteiger partial charge in [-0.3, -0.25) is 14.6 Å². The van der Waals surface area contributed by atoms with Gasteiger partial charge in [-0.1, -0.05) is 66.0 Å². The quantitative estimate of drug-likeness (QED) is 0.188. The Hall–Kier alpha value is -4.28. The fourth-order valence-electron chi connectivity index (χ4n) is 5.63. The Kier molecular flexibility index (Phi) is 10.7. The van der Waals surface area contributed by atoms with Gasteiger partial charge in [0.05, 0.1) is 27.8 Å². The maximum absolute atomic E-state index is 13.4. The maximum Gasteiger partial charge on any atom is 0.511 e. The summed E-state index contributed by atoms with van der Waals surface area (Å²) in [4.78, 5) is 55.3. The van der Waals surface area contributed by atoms with Crippen LogP contribution in [-0.4, -0.2) is 49.5 Å². The highest BCUT2D eigenvalue weighted by molar-refractivity contribution is 6.39. The first-order valence-corrected chi connectivity index (χ1v) is 15.9. The van der Waals surface area contributed by atoms with Gasteiger partial charge in [0.25, 0.3) is 5.91 Å². The van der Waals surface area contributed by atoms with E-state index in [1.165, 1.54) is 19.1 Å². The van der Waals surface area contributed by atoms with Gasteiger partial charge in [-0.2, -0.15) is 0 Å². The second-order valence-corrected chi connectivity index (χ2v) is 12.1. The molecule has 1 aliphatic heterocycles. The van der Waals surface area contributed by atoms with E-state index in [1.54, 1.807) is 47.2 Å². The molecule has 0 aromatic heterocycles. The lowest BCUT2D eigenvalue weighted by Gasteiger charge is -2.35. The zero-order valence-electron chi connectivity index (χ0n) is 25.5. The average molecular weight is 669 g/mol. The molecule has 1 fully saturated rings. The van der Waals surface area contributed by atoms with Crippen LogP contribution in [0.1, 0.15) is 60.5 Å². The molecule has 1 aliphatic carbocycles. The molecule has 242 valence electrons. The SMILES string of the molecule is CC(OC(=O)OC1CCCCC1)OC(=O)[C@H](Cc1ccc(N2Cc3ccccc3N(C)C2=O)cc1)NC(=O)c1c(Cl)cccc1Cl. The topological polar surface area (TPSA) is 114 Å². The van der Waals surface area contributed by atoms with Gasteiger partial charge < -0.3 is 19.5 Å². The number of rotatable bonds is 9. The molecule has 3 aromatic rings. The number of halogens is 2. The number of hydrogen-bond donors (Lipinski definition) is 1. The lowest BCUT2D eigenvalue weighted by Crippen LogP contribution is -2.45. The molecule has 46 heavy (non-hydrogen) atoms. The number of urea groups is 1. The summed E-state index contributed by atoms with van der Waals surface area (Å²) in [5.41, 5.74) is 3.21. The summed E-state index contributed by atoms with van der Waals surface area (Å²) in [5, 5.41) is 2.89. The molecule has 12 heteroatoms. The van der Waals surface area contributed by atoms with Crippen molar-refractivity contribution < 1.29 is 33.4 Å². The number of benzene rings is 3. The molecule has 2 atom stereocenters. The number of amides is 3. The average Bonchev–Trinajstić information content (AvgIpc) is 3.03. The van der Waals surface area contributed by atoms with Crippen LogP contribution in [0.15, 0.2) is 66.7 Å². The molecule has 2 aliphatic rings. The van der Waals surface area contributed by atoms with Gasteiger partial charge >= 0.3 is 18.2 Å². The fraction of sp³-hybridized carbons (Fsp3) is 0.353. The van der Waals surface area contributed by atoms with E-state index in [0.29, 0.717) is 17.8 Å². The number of para-hydroxylation sites is 1. The van der Waals surface area contributed by atoms with E-state index in [0.717, 1.165) is 43.4 Å². The molecular formula is C34H35Cl2N3O7. The van der Waals surface area contributed by atoms with E-state index in [1.807, 2.05) is 24.3 Å². The molecule has 0 bridgehead atoms. The molecule has 1 heterocycles. The first-order chi connectivity index (χ1) is 22.1. The van der Waals surface area contributed by atoms with Gasteiger partial charge in [0.15, 0.2) is 0 Å². The van der Waals surface area contributed by atoms with Crippen LogP contribution in [0.25, 0.3) is 0 Å². The van der Waals surface area contributed by atoms with Crippen LogP contribution in [0.4, 0.5) is 21.0 Å². The number of nitrogens with zero attached hydrogens (tertiary/aromatic N) is 2. The Balaban J connectivity index is 1.29. The Morgan fingerprint density at radius 2 is 1.59 bits per heavy atom. The maximum atomic E-state index is 13.4. The number of nitrogens with one attached hydrogen (secondary N) is 1. The molecule has 0 spiro atoms. The Labute approximate surface area is 277 Å². The Morgan fingerprint density at radius 3 is 2.28 bits per heavy atom. The van der Waals surface area contributed by atoms with Crippen LogP contribution < -0.4 is 15.1 Å². The highest BCUT2D eigenvalue weighted by Crippen LogP contribution is 2.31. The largest absolute Gasteiger partial charge is 0.511 e. The van der Waals surface area contributed by atoms with E-state index >= 15 is 0 Å². The number of esters is 1. The number of ether oxygens (including phenoxy) is 3. The minimum absolute atomic E-state index is 0.00681. The molecule has 1 unspecified atom stereocenters. The van der Waals surface area contributed by atoms with Crippen molar-refractivity contribution in [2.24, 2.45) is 0 Å². The van der Waals surface area contributed by atoms with Gasteiger partial charge in [-0.25, -0.2) is 14.4 Å². The van der Waals surface area contributed by atoms with E-state index in [9.17, 15) is 19.2 Å². The van der Waals surface area contributed by atoms with E-state index in [4.69, 9.17) is 37.4 Å². The number of carbonyl (C=O) groups excluding carboxylic acids is 4. The fourth-order valence-corrected chi connectivity index (χ4v) is 6.20. The van der Waals surface area contributed by atoms with Gasteiger partial charge in [-0.15, -0.1) is 0 Å². The Morgan fingerprint density at radius 1 is 0.913 bits per heavy atom. The van der Waals surface area contributed by atoms with Crippen molar-refractivity contribution in [2.45, 2.75) is 70.4 Å². The lowest BCUT2D eigenvalue weighted by molar-refractivity contribution is -0.171. The third-order valence-corrected chi connectivity index (χ3v) is 8.66. The second kappa shape index (κ2) is 14.9. The first-order valence-electron chi connectivity index (χ1n) is 15.2. The van der Waals surface area contributed by atoms with Crippen molar-refractivity contribution >= 4 is 58.6 Å². The molecule has 3 aromatic carbocycles. The minimum Gasteiger partial charge on any atom is -0.431 e. The van der Waals surface area contributed by atoms with Crippen LogP contribution in [0.5, 0.6) is 0 Å². The summed E-state index contributed by atoms with van der Waals surface area (Å²) in [5.74, 6) is -1.52. The van der Waals surface area contributed by atoms with Crippen molar-refractivity contribution in [3.8, 4) is 0 Å². The van der Waals surface area contributed by atoms with Crippen LogP contribution in [0.3, 0.4) is 0 Å². The second-order valence-electron chi connectivity index (χ2n) is 11.3. The molecule has 3 amide bonds. The zero-order chi connectivity index (χ0) is 32.8. The van der Waals surface area contributed by atoms with Crippen molar-refractivity contribution in [2.75, 3.05) is 16.8 Å². The summed E-state index contributed by atoms with van der Waals surface area (Å²) >= 11 is 12.5. The predicted octanol–water partition coefficient (Wildman–Crippen LogP) is 7.29. The lowest BCUT2D eigenvalue weighted by atomic mass is 9.98. The molecule has 0 saturated heterocycles. The number of hydrogen-bond acceptors (Lipinski definition) is 7. The van der Waals surface area contributed by atoms with E-state index in [2.05, 4.69) is 5.32 Å². The predicted molar refractivity (Wildman–Crippen MR) is 174 cm³/mol. The van der Waals surface area contributed by atoms with Crippen molar-refractivity contribution in [3.63, 3.8) is 0 Å². The molecular weight excluding hydrogens is 633 g/mol. The van der Waals surface area contributed by atoms with Crippen LogP contribution >= 0.6 is 23.2 Å². The van der Waals surface area contributed by atoms with E-state index < -0.39 is 30.4 Å². The molecule has 1 N–H and O–H groups in total. The highest BCUT2D eigenvalue weighted by atomic mass is 35.5. The molecule has 10 nitrogen and oxygen atoms in total. The summed E-state index contributed by atoms with van der Waals surface area (Å²) in [6, 6.07) is 18.0. The number of carbonyl (C=O) groups is 4.